The van der Waals surface area contributed by atoms with Crippen molar-refractivity contribution in [1.29, 1.82) is 0 Å². The van der Waals surface area contributed by atoms with Gasteiger partial charge in [0, 0.05) is 12.3 Å². The monoisotopic (exact) mass is 231 g/mol. The van der Waals surface area contributed by atoms with Crippen LogP contribution in [0.2, 0.25) is 0 Å². The topological polar surface area (TPSA) is 37.4 Å². The molecule has 90 valence electrons. The second-order valence-corrected chi connectivity index (χ2v) is 4.53. The second-order valence-electron chi connectivity index (χ2n) is 4.53. The fourth-order valence-corrected chi connectivity index (χ4v) is 2.66. The molecular weight excluding hydrogens is 216 g/mol. The summed E-state index contributed by atoms with van der Waals surface area (Å²) in [7, 11) is 0. The van der Waals surface area contributed by atoms with Crippen LogP contribution in [-0.4, -0.2) is 42.0 Å². The Hall–Kier alpha value is -0.840. The summed E-state index contributed by atoms with van der Waals surface area (Å²) in [4.78, 5) is 24.7. The second kappa shape index (κ2) is 4.57. The number of Topliss-reactive ketones (excluding diaryl/α,β-unsaturated/α-hetero) is 2. The van der Waals surface area contributed by atoms with Crippen molar-refractivity contribution < 1.29 is 18.4 Å². The molecule has 3 fully saturated rings. The molecule has 3 aliphatic heterocycles. The molecule has 3 aliphatic rings. The van der Waals surface area contributed by atoms with Crippen LogP contribution in [0.3, 0.4) is 0 Å². The minimum absolute atomic E-state index is 0.108. The van der Waals surface area contributed by atoms with Crippen molar-refractivity contribution >= 4 is 11.6 Å². The summed E-state index contributed by atoms with van der Waals surface area (Å²) in [6, 6.07) is -0.282. The van der Waals surface area contributed by atoms with Gasteiger partial charge in [0.25, 0.3) is 6.43 Å². The third-order valence-corrected chi connectivity index (χ3v) is 3.61. The van der Waals surface area contributed by atoms with E-state index in [2.05, 4.69) is 0 Å². The smallest absolute Gasteiger partial charge is 0.295 e. The predicted octanol–water partition coefficient (Wildman–Crippen LogP) is 1.26. The number of carbonyl (C=O) groups excluding carboxylic acids is 2. The lowest BCUT2D eigenvalue weighted by Gasteiger charge is -2.44. The van der Waals surface area contributed by atoms with Gasteiger partial charge in [-0.2, -0.15) is 0 Å². The largest absolute Gasteiger partial charge is 0.298 e. The summed E-state index contributed by atoms with van der Waals surface area (Å²) < 4.78 is 24.0. The van der Waals surface area contributed by atoms with E-state index in [1.165, 1.54) is 0 Å². The molecule has 3 rings (SSSR count). The summed E-state index contributed by atoms with van der Waals surface area (Å²) >= 11 is 0. The minimum Gasteiger partial charge on any atom is -0.298 e. The van der Waals surface area contributed by atoms with Gasteiger partial charge in [-0.25, -0.2) is 8.78 Å². The highest BCUT2D eigenvalue weighted by atomic mass is 19.3. The number of ketones is 2. The van der Waals surface area contributed by atoms with Gasteiger partial charge >= 0.3 is 0 Å². The average Bonchev–Trinajstić information content (AvgIpc) is 2.28. The van der Waals surface area contributed by atoms with Gasteiger partial charge in [0.1, 0.15) is 0 Å². The number of hydrogen-bond acceptors (Lipinski definition) is 3. The standard InChI is InChI=1S/C11H15F2NO2/c12-11(13)9(15)2-1-8-10(16)7-3-5-14(8)6-4-7/h7-8,11H,1-6H2. The summed E-state index contributed by atoms with van der Waals surface area (Å²) in [6.45, 7) is 1.73. The van der Waals surface area contributed by atoms with Crippen LogP contribution in [0, 0.1) is 5.92 Å². The van der Waals surface area contributed by atoms with Crippen molar-refractivity contribution in [2.24, 2.45) is 5.92 Å². The van der Waals surface area contributed by atoms with Gasteiger partial charge in [-0.05, 0) is 32.4 Å². The first kappa shape index (κ1) is 11.6. The van der Waals surface area contributed by atoms with E-state index in [1.54, 1.807) is 0 Å². The molecular formula is C11H15F2NO2. The molecule has 0 aromatic rings. The van der Waals surface area contributed by atoms with Gasteiger partial charge in [0.05, 0.1) is 6.04 Å². The van der Waals surface area contributed by atoms with E-state index in [4.69, 9.17) is 0 Å². The number of piperidine rings is 3. The van der Waals surface area contributed by atoms with Gasteiger partial charge in [0.15, 0.2) is 11.6 Å². The van der Waals surface area contributed by atoms with E-state index in [9.17, 15) is 18.4 Å². The van der Waals surface area contributed by atoms with E-state index in [-0.39, 0.29) is 30.6 Å². The third-order valence-electron chi connectivity index (χ3n) is 3.61. The summed E-state index contributed by atoms with van der Waals surface area (Å²) in [5.74, 6) is -0.785. The maximum atomic E-state index is 12.0. The zero-order chi connectivity index (χ0) is 11.7. The molecule has 1 atom stereocenters. The predicted molar refractivity (Wildman–Crippen MR) is 53.3 cm³/mol. The highest BCUT2D eigenvalue weighted by molar-refractivity contribution is 5.89. The Bertz CT molecular complexity index is 298. The number of alkyl halides is 2. The quantitative estimate of drug-likeness (QED) is 0.731. The maximum absolute atomic E-state index is 12.0. The molecule has 5 heteroatoms. The lowest BCUT2D eigenvalue weighted by molar-refractivity contribution is -0.138. The molecule has 16 heavy (non-hydrogen) atoms. The average molecular weight is 231 g/mol. The van der Waals surface area contributed by atoms with Gasteiger partial charge < -0.3 is 0 Å². The van der Waals surface area contributed by atoms with Crippen molar-refractivity contribution in [3.63, 3.8) is 0 Å². The molecule has 3 heterocycles. The van der Waals surface area contributed by atoms with Crippen LogP contribution < -0.4 is 0 Å². The number of carbonyl (C=O) groups is 2. The van der Waals surface area contributed by atoms with Crippen LogP contribution in [0.1, 0.15) is 25.7 Å². The number of halogens is 2. The Kier molecular flexibility index (Phi) is 3.33. The first-order valence-corrected chi connectivity index (χ1v) is 5.68. The van der Waals surface area contributed by atoms with Crippen molar-refractivity contribution in [2.75, 3.05) is 13.1 Å². The van der Waals surface area contributed by atoms with Gasteiger partial charge in [-0.15, -0.1) is 0 Å². The van der Waals surface area contributed by atoms with Gasteiger partial charge in [-0.3, -0.25) is 14.5 Å². The van der Waals surface area contributed by atoms with Crippen LogP contribution in [-0.2, 0) is 9.59 Å². The van der Waals surface area contributed by atoms with Crippen molar-refractivity contribution in [2.45, 2.75) is 38.2 Å². The summed E-state index contributed by atoms with van der Waals surface area (Å²) in [5.41, 5.74) is 0. The molecule has 0 spiro atoms. The molecule has 0 N–H and O–H groups in total. The first-order valence-electron chi connectivity index (χ1n) is 5.68. The van der Waals surface area contributed by atoms with E-state index in [0.717, 1.165) is 25.9 Å². The Balaban J connectivity index is 1.90. The molecule has 1 unspecified atom stereocenters. The SMILES string of the molecule is O=C(CCC1C(=O)C2CCN1CC2)C(F)F. The van der Waals surface area contributed by atoms with Gasteiger partial charge in [-0.1, -0.05) is 0 Å². The summed E-state index contributed by atoms with van der Waals surface area (Å²) in [6.07, 6.45) is -1.04. The number of rotatable bonds is 4. The Morgan fingerprint density at radius 2 is 2.00 bits per heavy atom. The van der Waals surface area contributed by atoms with Crippen LogP contribution in [0.5, 0.6) is 0 Å². The first-order chi connectivity index (χ1) is 7.59. The van der Waals surface area contributed by atoms with Crippen molar-refractivity contribution in [3.8, 4) is 0 Å². The zero-order valence-corrected chi connectivity index (χ0v) is 8.99. The lowest BCUT2D eigenvalue weighted by atomic mass is 9.80. The fraction of sp³-hybridized carbons (Fsp3) is 0.818. The zero-order valence-electron chi connectivity index (χ0n) is 8.99. The van der Waals surface area contributed by atoms with Crippen LogP contribution >= 0.6 is 0 Å². The van der Waals surface area contributed by atoms with E-state index in [0.29, 0.717) is 0 Å². The van der Waals surface area contributed by atoms with Crippen LogP contribution in [0.15, 0.2) is 0 Å². The van der Waals surface area contributed by atoms with Crippen LogP contribution in [0.4, 0.5) is 8.78 Å². The Morgan fingerprint density at radius 1 is 1.38 bits per heavy atom. The molecule has 0 aromatic carbocycles. The lowest BCUT2D eigenvalue weighted by Crippen LogP contribution is -2.55. The summed E-state index contributed by atoms with van der Waals surface area (Å²) in [5, 5.41) is 0. The Labute approximate surface area is 92.8 Å². The highest BCUT2D eigenvalue weighted by Crippen LogP contribution is 2.31. The number of hydrogen-bond donors (Lipinski definition) is 0. The normalized spacial score (nSPS) is 33.4. The van der Waals surface area contributed by atoms with E-state index in [1.807, 2.05) is 4.90 Å². The van der Waals surface area contributed by atoms with E-state index >= 15 is 0 Å². The molecule has 0 aliphatic carbocycles. The fourth-order valence-electron chi connectivity index (χ4n) is 2.66. The van der Waals surface area contributed by atoms with Crippen LogP contribution in [0.25, 0.3) is 0 Å². The van der Waals surface area contributed by atoms with Crippen molar-refractivity contribution in [1.82, 2.24) is 4.90 Å². The number of fused-ring (bicyclic) bond motifs is 3. The van der Waals surface area contributed by atoms with E-state index < -0.39 is 12.2 Å². The number of nitrogens with zero attached hydrogens (tertiary/aromatic N) is 1. The maximum Gasteiger partial charge on any atom is 0.295 e. The van der Waals surface area contributed by atoms with Crippen molar-refractivity contribution in [3.05, 3.63) is 0 Å². The molecule has 0 aromatic heterocycles. The molecule has 0 amide bonds. The molecule has 3 saturated heterocycles. The molecule has 0 saturated carbocycles. The molecule has 2 bridgehead atoms. The molecule has 3 nitrogen and oxygen atoms in total. The minimum atomic E-state index is -2.90. The third kappa shape index (κ3) is 2.14. The Morgan fingerprint density at radius 3 is 2.50 bits per heavy atom. The van der Waals surface area contributed by atoms with Gasteiger partial charge in [0.2, 0.25) is 0 Å². The molecule has 0 radical (unpaired) electrons. The highest BCUT2D eigenvalue weighted by Gasteiger charge is 2.40.